The van der Waals surface area contributed by atoms with Crippen LogP contribution in [0.1, 0.15) is 66.2 Å². The zero-order valence-electron chi connectivity index (χ0n) is 14.7. The molecule has 7 atom stereocenters. The van der Waals surface area contributed by atoms with Crippen molar-refractivity contribution in [2.45, 2.75) is 88.0 Å². The van der Waals surface area contributed by atoms with Crippen LogP contribution in [0.2, 0.25) is 0 Å². The van der Waals surface area contributed by atoms with Gasteiger partial charge in [0, 0.05) is 3.92 Å². The smallest absolute Gasteiger partial charge is 0.108 e. The van der Waals surface area contributed by atoms with Gasteiger partial charge >= 0.3 is 0 Å². The molecule has 3 rings (SSSR count). The van der Waals surface area contributed by atoms with Crippen molar-refractivity contribution >= 4 is 22.6 Å². The van der Waals surface area contributed by atoms with Crippen molar-refractivity contribution in [3.05, 3.63) is 0 Å². The lowest BCUT2D eigenvalue weighted by molar-refractivity contribution is -0.277. The van der Waals surface area contributed by atoms with Gasteiger partial charge in [0.05, 0.1) is 18.3 Å². The van der Waals surface area contributed by atoms with Crippen LogP contribution in [0.15, 0.2) is 0 Å². The molecule has 0 radical (unpaired) electrons. The summed E-state index contributed by atoms with van der Waals surface area (Å²) in [6, 6.07) is 0. The first-order valence-corrected chi connectivity index (χ1v) is 10.6. The van der Waals surface area contributed by atoms with Crippen molar-refractivity contribution in [3.8, 4) is 0 Å². The van der Waals surface area contributed by atoms with Crippen LogP contribution in [0.5, 0.6) is 0 Å². The Bertz CT molecular complexity index is 386. The minimum Gasteiger partial charge on any atom is -0.372 e. The van der Waals surface area contributed by atoms with E-state index in [4.69, 9.17) is 9.47 Å². The summed E-state index contributed by atoms with van der Waals surface area (Å²) in [6.07, 6.45) is 8.76. The van der Waals surface area contributed by atoms with Crippen molar-refractivity contribution in [1.82, 2.24) is 0 Å². The minimum atomic E-state index is 0.110. The predicted octanol–water partition coefficient (Wildman–Crippen LogP) is 5.23. The Morgan fingerprint density at radius 3 is 2.59 bits per heavy atom. The first-order valence-electron chi connectivity index (χ1n) is 9.39. The van der Waals surface area contributed by atoms with Gasteiger partial charge in [-0.3, -0.25) is 0 Å². The molecule has 1 heterocycles. The summed E-state index contributed by atoms with van der Waals surface area (Å²) in [5, 5.41) is 0. The number of alkyl halides is 1. The van der Waals surface area contributed by atoms with E-state index >= 15 is 0 Å². The Kier molecular flexibility index (Phi) is 5.46. The zero-order chi connectivity index (χ0) is 15.9. The van der Waals surface area contributed by atoms with E-state index in [1.165, 1.54) is 38.5 Å². The van der Waals surface area contributed by atoms with Crippen molar-refractivity contribution in [1.29, 1.82) is 0 Å². The van der Waals surface area contributed by atoms with Gasteiger partial charge in [0.2, 0.25) is 0 Å². The van der Waals surface area contributed by atoms with Crippen molar-refractivity contribution in [3.63, 3.8) is 0 Å². The van der Waals surface area contributed by atoms with Gasteiger partial charge in [-0.2, -0.15) is 0 Å². The third-order valence-electron chi connectivity index (χ3n) is 6.65. The highest BCUT2D eigenvalue weighted by Crippen LogP contribution is 2.52. The molecule has 0 N–H and O–H groups in total. The van der Waals surface area contributed by atoms with Gasteiger partial charge < -0.3 is 9.47 Å². The van der Waals surface area contributed by atoms with Crippen LogP contribution >= 0.6 is 22.6 Å². The Morgan fingerprint density at radius 1 is 1.23 bits per heavy atom. The van der Waals surface area contributed by atoms with Crippen molar-refractivity contribution in [2.75, 3.05) is 6.61 Å². The molecule has 2 saturated carbocycles. The standard InChI is InChI=1S/C19H33IO2/c1-5-19(22-17-11-21-18(17)12(2)3)13(4)8-14-9-15(19)6-7-16(20)10-14/h12-18H,5-11H2,1-4H3/t13?,14?,15?,16-,17?,18+,19?/m1/s1. The molecule has 0 spiro atoms. The summed E-state index contributed by atoms with van der Waals surface area (Å²) in [5.41, 5.74) is 0.110. The summed E-state index contributed by atoms with van der Waals surface area (Å²) < 4.78 is 13.6. The molecule has 22 heavy (non-hydrogen) atoms. The molecular formula is C19H33IO2. The van der Waals surface area contributed by atoms with E-state index in [1.807, 2.05) is 0 Å². The fourth-order valence-corrected chi connectivity index (χ4v) is 6.52. The number of halogens is 1. The van der Waals surface area contributed by atoms with E-state index in [9.17, 15) is 0 Å². The van der Waals surface area contributed by atoms with Gasteiger partial charge in [-0.15, -0.1) is 0 Å². The Hall–Kier alpha value is 0.650. The summed E-state index contributed by atoms with van der Waals surface area (Å²) in [7, 11) is 0. The van der Waals surface area contributed by atoms with Crippen molar-refractivity contribution in [2.24, 2.45) is 23.7 Å². The first kappa shape index (κ1) is 17.5. The average molecular weight is 420 g/mol. The van der Waals surface area contributed by atoms with Crippen LogP contribution in [-0.2, 0) is 9.47 Å². The molecule has 0 amide bonds. The third-order valence-corrected chi connectivity index (χ3v) is 7.78. The number of hydrogen-bond acceptors (Lipinski definition) is 2. The van der Waals surface area contributed by atoms with Gasteiger partial charge in [0.25, 0.3) is 0 Å². The predicted molar refractivity (Wildman–Crippen MR) is 99.5 cm³/mol. The molecule has 1 saturated heterocycles. The Labute approximate surface area is 150 Å². The molecule has 3 heteroatoms. The van der Waals surface area contributed by atoms with Gasteiger partial charge in [0.15, 0.2) is 0 Å². The molecule has 2 bridgehead atoms. The van der Waals surface area contributed by atoms with Crippen LogP contribution in [0.3, 0.4) is 0 Å². The van der Waals surface area contributed by atoms with Crippen molar-refractivity contribution < 1.29 is 9.47 Å². The van der Waals surface area contributed by atoms with E-state index in [1.54, 1.807) is 0 Å². The number of ether oxygens (including phenoxy) is 2. The maximum atomic E-state index is 6.90. The van der Waals surface area contributed by atoms with Gasteiger partial charge in [-0.25, -0.2) is 0 Å². The van der Waals surface area contributed by atoms with E-state index in [2.05, 4.69) is 50.3 Å². The van der Waals surface area contributed by atoms with Crippen LogP contribution in [-0.4, -0.2) is 28.3 Å². The molecule has 2 aliphatic carbocycles. The van der Waals surface area contributed by atoms with Crippen LogP contribution in [0.4, 0.5) is 0 Å². The second-order valence-corrected chi connectivity index (χ2v) is 10.1. The fourth-order valence-electron chi connectivity index (χ4n) is 5.44. The SMILES string of the molecule is CCC1(OC2CO[C@H]2C(C)C)C(C)CC2CC1CC[C@@H](I)C2. The molecule has 3 aliphatic rings. The monoisotopic (exact) mass is 420 g/mol. The molecule has 5 unspecified atom stereocenters. The molecular weight excluding hydrogens is 387 g/mol. The summed E-state index contributed by atoms with van der Waals surface area (Å²) in [5.74, 6) is 2.95. The lowest BCUT2D eigenvalue weighted by atomic mass is 9.63. The normalized spacial score (nSPS) is 48.8. The van der Waals surface area contributed by atoms with Gasteiger partial charge in [0.1, 0.15) is 6.10 Å². The molecule has 2 nitrogen and oxygen atoms in total. The zero-order valence-corrected chi connectivity index (χ0v) is 16.8. The number of rotatable bonds is 4. The highest BCUT2D eigenvalue weighted by atomic mass is 127. The topological polar surface area (TPSA) is 18.5 Å². The van der Waals surface area contributed by atoms with Gasteiger partial charge in [-0.1, -0.05) is 50.3 Å². The second-order valence-electron chi connectivity index (χ2n) is 8.35. The molecule has 128 valence electrons. The highest BCUT2D eigenvalue weighted by Gasteiger charge is 2.52. The molecule has 0 aromatic carbocycles. The molecule has 1 aliphatic heterocycles. The lowest BCUT2D eigenvalue weighted by Crippen LogP contribution is -2.59. The lowest BCUT2D eigenvalue weighted by Gasteiger charge is -2.54. The summed E-state index contributed by atoms with van der Waals surface area (Å²) in [4.78, 5) is 0. The van der Waals surface area contributed by atoms with E-state index in [0.29, 0.717) is 24.0 Å². The maximum Gasteiger partial charge on any atom is 0.108 e. The quantitative estimate of drug-likeness (QED) is 0.458. The Balaban J connectivity index is 1.78. The van der Waals surface area contributed by atoms with Crippen LogP contribution in [0.25, 0.3) is 0 Å². The highest BCUT2D eigenvalue weighted by molar-refractivity contribution is 14.1. The molecule has 0 aromatic heterocycles. The maximum absolute atomic E-state index is 6.90. The number of hydrogen-bond donors (Lipinski definition) is 0. The Morgan fingerprint density at radius 2 is 2.00 bits per heavy atom. The molecule has 3 fully saturated rings. The fraction of sp³-hybridized carbons (Fsp3) is 1.00. The first-order chi connectivity index (χ1) is 10.5. The second kappa shape index (κ2) is 6.87. The van der Waals surface area contributed by atoms with E-state index in [-0.39, 0.29) is 5.60 Å². The number of fused-ring (bicyclic) bond motifs is 2. The van der Waals surface area contributed by atoms with Crippen LogP contribution in [0, 0.1) is 23.7 Å². The van der Waals surface area contributed by atoms with E-state index < -0.39 is 0 Å². The molecule has 0 aromatic rings. The third kappa shape index (κ3) is 3.11. The minimum absolute atomic E-state index is 0.110. The van der Waals surface area contributed by atoms with E-state index in [0.717, 1.165) is 22.4 Å². The summed E-state index contributed by atoms with van der Waals surface area (Å²) in [6.45, 7) is 10.1. The largest absolute Gasteiger partial charge is 0.372 e. The van der Waals surface area contributed by atoms with Gasteiger partial charge in [-0.05, 0) is 62.2 Å². The average Bonchev–Trinajstić information content (AvgIpc) is 2.57. The summed E-state index contributed by atoms with van der Waals surface area (Å²) >= 11 is 2.68. The van der Waals surface area contributed by atoms with Crippen LogP contribution < -0.4 is 0 Å².